The molecule has 0 aliphatic carbocycles. The number of hydrogen-bond acceptors (Lipinski definition) is 6. The van der Waals surface area contributed by atoms with Gasteiger partial charge in [-0.2, -0.15) is 0 Å². The SMILES string of the molecule is CCC(C)C(NC(=O)C1CCCN1C(=O)C(N)C(C)C)C(=O)NC(CCCCN)C(=O)O. The Balaban J connectivity index is 2.91. The number of nitrogens with zero attached hydrogens (tertiary/aromatic N) is 1. The first-order valence-electron chi connectivity index (χ1n) is 11.6. The van der Waals surface area contributed by atoms with E-state index in [1.165, 1.54) is 4.90 Å². The highest BCUT2D eigenvalue weighted by Crippen LogP contribution is 2.21. The highest BCUT2D eigenvalue weighted by molar-refractivity contribution is 5.94. The Morgan fingerprint density at radius 1 is 1.12 bits per heavy atom. The van der Waals surface area contributed by atoms with Gasteiger partial charge in [0.15, 0.2) is 0 Å². The van der Waals surface area contributed by atoms with Gasteiger partial charge >= 0.3 is 5.97 Å². The number of carboxylic acids is 1. The van der Waals surface area contributed by atoms with E-state index in [2.05, 4.69) is 10.6 Å². The Bertz CT molecular complexity index is 657. The van der Waals surface area contributed by atoms with Crippen molar-refractivity contribution < 1.29 is 24.3 Å². The van der Waals surface area contributed by atoms with E-state index in [4.69, 9.17) is 11.5 Å². The number of unbranched alkanes of at least 4 members (excludes halogenated alkanes) is 1. The van der Waals surface area contributed by atoms with Crippen LogP contribution in [0.2, 0.25) is 0 Å². The second kappa shape index (κ2) is 13.4. The summed E-state index contributed by atoms with van der Waals surface area (Å²) in [5.74, 6) is -2.63. The fraction of sp³-hybridized carbons (Fsp3) is 0.818. The van der Waals surface area contributed by atoms with Gasteiger partial charge in [0.1, 0.15) is 18.1 Å². The summed E-state index contributed by atoms with van der Waals surface area (Å²) in [5, 5.41) is 14.8. The average Bonchev–Trinajstić information content (AvgIpc) is 3.24. The predicted molar refractivity (Wildman–Crippen MR) is 121 cm³/mol. The number of amides is 3. The molecule has 0 aromatic carbocycles. The lowest BCUT2D eigenvalue weighted by molar-refractivity contribution is -0.143. The molecule has 0 aromatic heterocycles. The Morgan fingerprint density at radius 3 is 2.31 bits per heavy atom. The third-order valence-electron chi connectivity index (χ3n) is 6.20. The molecule has 5 unspecified atom stereocenters. The summed E-state index contributed by atoms with van der Waals surface area (Å²) >= 11 is 0. The summed E-state index contributed by atoms with van der Waals surface area (Å²) in [4.78, 5) is 51.8. The van der Waals surface area contributed by atoms with Crippen LogP contribution in [-0.2, 0) is 19.2 Å². The van der Waals surface area contributed by atoms with Crippen LogP contribution in [0, 0.1) is 11.8 Å². The van der Waals surface area contributed by atoms with Gasteiger partial charge in [-0.15, -0.1) is 0 Å². The zero-order chi connectivity index (χ0) is 24.4. The Hall–Kier alpha value is -2.20. The summed E-state index contributed by atoms with van der Waals surface area (Å²) in [5.41, 5.74) is 11.5. The Morgan fingerprint density at radius 2 is 1.78 bits per heavy atom. The van der Waals surface area contributed by atoms with Gasteiger partial charge in [0.2, 0.25) is 17.7 Å². The van der Waals surface area contributed by atoms with E-state index in [0.717, 1.165) is 0 Å². The smallest absolute Gasteiger partial charge is 0.326 e. The van der Waals surface area contributed by atoms with Crippen LogP contribution in [0.1, 0.15) is 66.2 Å². The molecule has 184 valence electrons. The maximum atomic E-state index is 13.1. The monoisotopic (exact) mass is 455 g/mol. The molecule has 1 heterocycles. The second-order valence-electron chi connectivity index (χ2n) is 9.02. The number of nitrogens with two attached hydrogens (primary N) is 2. The molecule has 0 radical (unpaired) electrons. The average molecular weight is 456 g/mol. The van der Waals surface area contributed by atoms with Crippen molar-refractivity contribution in [3.8, 4) is 0 Å². The summed E-state index contributed by atoms with van der Waals surface area (Å²) in [6, 6.07) is -3.33. The van der Waals surface area contributed by atoms with Crippen LogP contribution in [0.3, 0.4) is 0 Å². The molecule has 5 atom stereocenters. The van der Waals surface area contributed by atoms with E-state index < -0.39 is 42.0 Å². The standard InChI is InChI=1S/C22H41N5O5/c1-5-14(4)18(20(29)25-15(22(31)32)9-6-7-11-23)26-19(28)16-10-8-12-27(16)21(30)17(24)13(2)3/h13-18H,5-12,23-24H2,1-4H3,(H,25,29)(H,26,28)(H,31,32). The molecule has 3 amide bonds. The van der Waals surface area contributed by atoms with Gasteiger partial charge in [0.05, 0.1) is 6.04 Å². The van der Waals surface area contributed by atoms with E-state index in [9.17, 15) is 24.3 Å². The van der Waals surface area contributed by atoms with Gasteiger partial charge < -0.3 is 32.1 Å². The molecule has 10 nitrogen and oxygen atoms in total. The number of hydrogen-bond donors (Lipinski definition) is 5. The van der Waals surface area contributed by atoms with Crippen LogP contribution in [0.15, 0.2) is 0 Å². The number of likely N-dealkylation sites (tertiary alicyclic amines) is 1. The molecule has 0 aromatic rings. The predicted octanol–water partition coefficient (Wildman–Crippen LogP) is 0.190. The maximum Gasteiger partial charge on any atom is 0.326 e. The molecule has 7 N–H and O–H groups in total. The lowest BCUT2D eigenvalue weighted by Gasteiger charge is -2.31. The Kier molecular flexibility index (Phi) is 11.6. The van der Waals surface area contributed by atoms with Crippen molar-refractivity contribution in [2.24, 2.45) is 23.3 Å². The largest absolute Gasteiger partial charge is 0.480 e. The number of rotatable bonds is 13. The number of carboxylic acid groups (broad SMARTS) is 1. The molecule has 1 aliphatic rings. The molecule has 1 fully saturated rings. The molecular formula is C22H41N5O5. The van der Waals surface area contributed by atoms with Gasteiger partial charge in [0.25, 0.3) is 0 Å². The molecule has 1 rings (SSSR count). The molecule has 10 heteroatoms. The number of nitrogens with one attached hydrogen (secondary N) is 2. The Labute approximate surface area is 190 Å². The van der Waals surface area contributed by atoms with Crippen molar-refractivity contribution >= 4 is 23.7 Å². The molecule has 32 heavy (non-hydrogen) atoms. The van der Waals surface area contributed by atoms with Crippen LogP contribution >= 0.6 is 0 Å². The molecule has 1 saturated heterocycles. The van der Waals surface area contributed by atoms with Gasteiger partial charge in [-0.25, -0.2) is 4.79 Å². The summed E-state index contributed by atoms with van der Waals surface area (Å²) < 4.78 is 0. The summed E-state index contributed by atoms with van der Waals surface area (Å²) in [6.07, 6.45) is 3.27. The van der Waals surface area contributed by atoms with Gasteiger partial charge in [-0.05, 0) is 50.5 Å². The minimum absolute atomic E-state index is 0.0577. The normalized spacial score (nSPS) is 19.8. The number of carbonyl (C=O) groups excluding carboxylic acids is 3. The third-order valence-corrected chi connectivity index (χ3v) is 6.20. The van der Waals surface area contributed by atoms with Crippen molar-refractivity contribution in [3.63, 3.8) is 0 Å². The van der Waals surface area contributed by atoms with Crippen LogP contribution in [-0.4, -0.2) is 71.0 Å². The van der Waals surface area contributed by atoms with E-state index >= 15 is 0 Å². The quantitative estimate of drug-likeness (QED) is 0.247. The minimum Gasteiger partial charge on any atom is -0.480 e. The summed E-state index contributed by atoms with van der Waals surface area (Å²) in [6.45, 7) is 8.30. The van der Waals surface area contributed by atoms with Crippen molar-refractivity contribution in [2.45, 2.75) is 90.4 Å². The van der Waals surface area contributed by atoms with E-state index in [1.807, 2.05) is 27.7 Å². The zero-order valence-electron chi connectivity index (χ0n) is 19.8. The number of carbonyl (C=O) groups is 4. The van der Waals surface area contributed by atoms with Gasteiger partial charge in [-0.3, -0.25) is 14.4 Å². The third kappa shape index (κ3) is 7.74. The first-order valence-corrected chi connectivity index (χ1v) is 11.6. The first-order chi connectivity index (χ1) is 15.0. The van der Waals surface area contributed by atoms with Crippen molar-refractivity contribution in [1.82, 2.24) is 15.5 Å². The van der Waals surface area contributed by atoms with Gasteiger partial charge in [0, 0.05) is 6.54 Å². The second-order valence-corrected chi connectivity index (χ2v) is 9.02. The molecule has 0 spiro atoms. The van der Waals surface area contributed by atoms with Crippen LogP contribution in [0.25, 0.3) is 0 Å². The van der Waals surface area contributed by atoms with Crippen molar-refractivity contribution in [1.29, 1.82) is 0 Å². The van der Waals surface area contributed by atoms with E-state index in [0.29, 0.717) is 45.2 Å². The van der Waals surface area contributed by atoms with Crippen molar-refractivity contribution in [2.75, 3.05) is 13.1 Å². The van der Waals surface area contributed by atoms with Crippen LogP contribution in [0.4, 0.5) is 0 Å². The number of aliphatic carboxylic acids is 1. The minimum atomic E-state index is -1.13. The highest BCUT2D eigenvalue weighted by atomic mass is 16.4. The first kappa shape index (κ1) is 27.8. The van der Waals surface area contributed by atoms with Gasteiger partial charge in [-0.1, -0.05) is 34.1 Å². The highest BCUT2D eigenvalue weighted by Gasteiger charge is 2.39. The fourth-order valence-corrected chi connectivity index (χ4v) is 3.74. The molecule has 0 saturated carbocycles. The maximum absolute atomic E-state index is 13.1. The summed E-state index contributed by atoms with van der Waals surface area (Å²) in [7, 11) is 0. The zero-order valence-corrected chi connectivity index (χ0v) is 19.8. The molecule has 1 aliphatic heterocycles. The lowest BCUT2D eigenvalue weighted by Crippen LogP contribution is -2.58. The molecular weight excluding hydrogens is 414 g/mol. The fourth-order valence-electron chi connectivity index (χ4n) is 3.74. The van der Waals surface area contributed by atoms with E-state index in [1.54, 1.807) is 0 Å². The van der Waals surface area contributed by atoms with Crippen molar-refractivity contribution in [3.05, 3.63) is 0 Å². The topological polar surface area (TPSA) is 168 Å². The van der Waals surface area contributed by atoms with Crippen LogP contribution in [0.5, 0.6) is 0 Å². The molecule has 0 bridgehead atoms. The van der Waals surface area contributed by atoms with Crippen LogP contribution < -0.4 is 22.1 Å². The lowest BCUT2D eigenvalue weighted by atomic mass is 9.97. The van der Waals surface area contributed by atoms with E-state index in [-0.39, 0.29) is 24.2 Å².